The third-order valence-corrected chi connectivity index (χ3v) is 16.5. The predicted molar refractivity (Wildman–Crippen MR) is 87.9 cm³/mol. The highest BCUT2D eigenvalue weighted by atomic mass is 28.4. The molecule has 0 aliphatic heterocycles. The van der Waals surface area contributed by atoms with E-state index in [-0.39, 0.29) is 0 Å². The summed E-state index contributed by atoms with van der Waals surface area (Å²) in [5, 5.41) is 0. The predicted octanol–water partition coefficient (Wildman–Crippen LogP) is 2.41. The van der Waals surface area contributed by atoms with Crippen molar-refractivity contribution in [3.63, 3.8) is 0 Å². The first-order valence-corrected chi connectivity index (χ1v) is 13.3. The Morgan fingerprint density at radius 1 is 1.00 bits per heavy atom. The fourth-order valence-electron chi connectivity index (χ4n) is 1.68. The summed E-state index contributed by atoms with van der Waals surface area (Å²) in [6.45, 7) is 22.6. The van der Waals surface area contributed by atoms with E-state index in [4.69, 9.17) is 0 Å². The van der Waals surface area contributed by atoms with E-state index in [0.29, 0.717) is 0 Å². The van der Waals surface area contributed by atoms with Crippen molar-refractivity contribution in [1.29, 1.82) is 0 Å². The van der Waals surface area contributed by atoms with Gasteiger partial charge in [-0.15, -0.1) is 26.3 Å². The zero-order valence-electron chi connectivity index (χ0n) is 11.7. The zero-order chi connectivity index (χ0) is 13.7. The van der Waals surface area contributed by atoms with Crippen LogP contribution >= 0.6 is 0 Å². The van der Waals surface area contributed by atoms with E-state index in [0.717, 1.165) is 0 Å². The van der Waals surface area contributed by atoms with Crippen molar-refractivity contribution in [1.82, 2.24) is 8.88 Å². The number of hydrogen-bond acceptors (Lipinski definition) is 2. The molecular weight excluding hydrogens is 256 g/mol. The van der Waals surface area contributed by atoms with Gasteiger partial charge >= 0.3 is 0 Å². The molecule has 0 aliphatic carbocycles. The molecule has 0 saturated carbocycles. The second-order valence-electron chi connectivity index (χ2n) is 4.89. The first-order valence-electron chi connectivity index (χ1n) is 5.81. The summed E-state index contributed by atoms with van der Waals surface area (Å²) in [4.78, 5) is 0. The smallest absolute Gasteiger partial charge is 0.185 e. The molecule has 2 nitrogen and oxygen atoms in total. The number of rotatable bonds is 8. The second-order valence-corrected chi connectivity index (χ2v) is 16.2. The van der Waals surface area contributed by atoms with Gasteiger partial charge in [0.1, 0.15) is 0 Å². The van der Waals surface area contributed by atoms with Gasteiger partial charge in [-0.3, -0.25) is 0 Å². The zero-order valence-corrected chi connectivity index (χ0v) is 14.8. The average molecular weight is 283 g/mol. The molecule has 5 heteroatoms. The molecule has 0 spiro atoms. The molecule has 96 valence electrons. The lowest BCUT2D eigenvalue weighted by Gasteiger charge is -2.44. The van der Waals surface area contributed by atoms with Crippen LogP contribution in [0.3, 0.4) is 0 Å². The van der Waals surface area contributed by atoms with Crippen molar-refractivity contribution in [2.24, 2.45) is 0 Å². The number of hydrogen-bond donors (Lipinski definition) is 1. The van der Waals surface area contributed by atoms with Crippen LogP contribution in [0, 0.1) is 0 Å². The minimum absolute atomic E-state index is 1.22. The fourth-order valence-corrected chi connectivity index (χ4v) is 13.5. The Morgan fingerprint density at radius 3 is 1.71 bits per heavy atom. The lowest BCUT2D eigenvalue weighted by Crippen LogP contribution is -2.69. The molecule has 0 fully saturated rings. The van der Waals surface area contributed by atoms with Crippen LogP contribution in [-0.2, 0) is 0 Å². The Bertz CT molecular complexity index is 297. The fraction of sp³-hybridized carbons (Fsp3) is 0.333. The van der Waals surface area contributed by atoms with E-state index >= 15 is 0 Å². The van der Waals surface area contributed by atoms with Gasteiger partial charge in [0.25, 0.3) is 0 Å². The molecule has 17 heavy (non-hydrogen) atoms. The molecule has 0 bridgehead atoms. The maximum absolute atomic E-state index is 3.97. The van der Waals surface area contributed by atoms with Crippen LogP contribution in [0.5, 0.6) is 0 Å². The normalized spacial score (nSPS) is 12.6. The SMILES string of the molecule is C=C[SiH](C=C)N[Si](C)(C)N(C)[Si](C)(C=C)C=C. The minimum atomic E-state index is -1.71. The molecule has 0 aromatic carbocycles. The van der Waals surface area contributed by atoms with Gasteiger partial charge in [0.2, 0.25) is 0 Å². The minimum Gasteiger partial charge on any atom is -0.344 e. The van der Waals surface area contributed by atoms with Gasteiger partial charge in [-0.05, 0) is 26.7 Å². The first kappa shape index (κ1) is 16.5. The van der Waals surface area contributed by atoms with Crippen molar-refractivity contribution in [3.8, 4) is 0 Å². The number of nitrogens with zero attached hydrogens (tertiary/aromatic N) is 1. The van der Waals surface area contributed by atoms with Gasteiger partial charge in [0.05, 0.1) is 0 Å². The maximum atomic E-state index is 3.97. The van der Waals surface area contributed by atoms with Crippen molar-refractivity contribution in [2.45, 2.75) is 19.6 Å². The molecule has 0 rings (SSSR count). The van der Waals surface area contributed by atoms with Crippen LogP contribution in [0.1, 0.15) is 0 Å². The molecule has 0 aromatic rings. The summed E-state index contributed by atoms with van der Waals surface area (Å²) in [5.41, 5.74) is 8.20. The first-order chi connectivity index (χ1) is 7.77. The van der Waals surface area contributed by atoms with Crippen LogP contribution in [0.15, 0.2) is 49.1 Å². The van der Waals surface area contributed by atoms with E-state index in [2.05, 4.69) is 73.3 Å². The standard InChI is InChI=1S/C12H26N2Si3/c1-9-15(10-2)13-16(6,7)14(5)17(8,11-3)12-4/h9-13,15H,1-4H2,5-8H3. The Hall–Kier alpha value is -0.469. The highest BCUT2D eigenvalue weighted by Gasteiger charge is 2.38. The third-order valence-electron chi connectivity index (χ3n) is 3.42. The topological polar surface area (TPSA) is 15.3 Å². The summed E-state index contributed by atoms with van der Waals surface area (Å²) in [7, 11) is -2.41. The average Bonchev–Trinajstić information content (AvgIpc) is 2.33. The highest BCUT2D eigenvalue weighted by Crippen LogP contribution is 2.17. The molecule has 0 heterocycles. The maximum Gasteiger partial charge on any atom is 0.185 e. The van der Waals surface area contributed by atoms with E-state index in [1.54, 1.807) is 0 Å². The molecule has 0 atom stereocenters. The highest BCUT2D eigenvalue weighted by molar-refractivity contribution is 6.98. The summed E-state index contributed by atoms with van der Waals surface area (Å²) in [5.74, 6) is 0. The lowest BCUT2D eigenvalue weighted by molar-refractivity contribution is 0.752. The summed E-state index contributed by atoms with van der Waals surface area (Å²) < 4.78 is 6.27. The van der Waals surface area contributed by atoms with Gasteiger partial charge in [0.15, 0.2) is 25.6 Å². The molecule has 0 aliphatic rings. The van der Waals surface area contributed by atoms with Crippen LogP contribution in [0.25, 0.3) is 0 Å². The Morgan fingerprint density at radius 2 is 1.41 bits per heavy atom. The van der Waals surface area contributed by atoms with Crippen molar-refractivity contribution in [2.75, 3.05) is 7.05 Å². The van der Waals surface area contributed by atoms with E-state index in [1.165, 1.54) is 0 Å². The van der Waals surface area contributed by atoms with Crippen molar-refractivity contribution in [3.05, 3.63) is 49.1 Å². The van der Waals surface area contributed by atoms with Gasteiger partial charge in [-0.1, -0.05) is 22.8 Å². The number of nitrogens with one attached hydrogen (secondary N) is 1. The van der Waals surface area contributed by atoms with Crippen LogP contribution in [-0.4, -0.2) is 36.9 Å². The summed E-state index contributed by atoms with van der Waals surface area (Å²) in [6.07, 6.45) is 0. The van der Waals surface area contributed by atoms with Crippen LogP contribution in [0.4, 0.5) is 0 Å². The molecule has 0 radical (unpaired) electrons. The molecule has 0 aromatic heterocycles. The quantitative estimate of drug-likeness (QED) is 0.688. The van der Waals surface area contributed by atoms with E-state index in [9.17, 15) is 0 Å². The third kappa shape index (κ3) is 4.04. The molecule has 1 N–H and O–H groups in total. The van der Waals surface area contributed by atoms with Gasteiger partial charge in [-0.2, -0.15) is 0 Å². The monoisotopic (exact) mass is 282 g/mol. The van der Waals surface area contributed by atoms with E-state index < -0.39 is 25.6 Å². The molecule has 0 saturated heterocycles. The van der Waals surface area contributed by atoms with Gasteiger partial charge in [-0.25, -0.2) is 0 Å². The van der Waals surface area contributed by atoms with Crippen molar-refractivity contribution < 1.29 is 0 Å². The largest absolute Gasteiger partial charge is 0.344 e. The molecule has 0 unspecified atom stereocenters. The van der Waals surface area contributed by atoms with Crippen molar-refractivity contribution >= 4 is 25.6 Å². The Kier molecular flexibility index (Phi) is 6.28. The molecular formula is C12H26N2Si3. The van der Waals surface area contributed by atoms with Crippen LogP contribution in [0.2, 0.25) is 19.6 Å². The Balaban J connectivity index is 5.03. The van der Waals surface area contributed by atoms with E-state index in [1.807, 2.05) is 11.4 Å². The summed E-state index contributed by atoms with van der Waals surface area (Å²) >= 11 is 0. The van der Waals surface area contributed by atoms with Gasteiger partial charge < -0.3 is 8.88 Å². The van der Waals surface area contributed by atoms with Gasteiger partial charge in [0, 0.05) is 0 Å². The lowest BCUT2D eigenvalue weighted by atomic mass is 11.2. The second kappa shape index (κ2) is 6.46. The molecule has 0 amide bonds. The Labute approximate surface area is 110 Å². The summed E-state index contributed by atoms with van der Waals surface area (Å²) in [6, 6.07) is 0. The van der Waals surface area contributed by atoms with Crippen LogP contribution < -0.4 is 4.65 Å².